The van der Waals surface area contributed by atoms with Crippen molar-refractivity contribution < 1.29 is 0 Å². The Labute approximate surface area is 98.7 Å². The second-order valence-corrected chi connectivity index (χ2v) is 5.30. The molecule has 1 aromatic carbocycles. The minimum atomic E-state index is 0.102. The van der Waals surface area contributed by atoms with Gasteiger partial charge in [-0.2, -0.15) is 0 Å². The predicted octanol–water partition coefficient (Wildman–Crippen LogP) is 2.21. The molecule has 16 heavy (non-hydrogen) atoms. The van der Waals surface area contributed by atoms with Gasteiger partial charge in [0.05, 0.1) is 6.04 Å². The predicted molar refractivity (Wildman–Crippen MR) is 68.7 cm³/mol. The first-order valence-corrected chi connectivity index (χ1v) is 6.03. The van der Waals surface area contributed by atoms with Crippen molar-refractivity contribution in [2.45, 2.75) is 31.8 Å². The van der Waals surface area contributed by atoms with Crippen molar-refractivity contribution in [1.29, 1.82) is 0 Å². The van der Waals surface area contributed by atoms with Crippen LogP contribution < -0.4 is 5.32 Å². The summed E-state index contributed by atoms with van der Waals surface area (Å²) in [7, 11) is 4.27. The summed E-state index contributed by atoms with van der Waals surface area (Å²) in [5.41, 5.74) is 3.09. The fraction of sp³-hybridized carbons (Fsp3) is 0.571. The van der Waals surface area contributed by atoms with E-state index in [0.717, 1.165) is 6.54 Å². The highest BCUT2D eigenvalue weighted by atomic mass is 15.2. The maximum absolute atomic E-state index is 3.44. The molecule has 0 amide bonds. The molecule has 1 aliphatic heterocycles. The molecule has 1 heterocycles. The van der Waals surface area contributed by atoms with Gasteiger partial charge in [0.15, 0.2) is 0 Å². The van der Waals surface area contributed by atoms with Crippen LogP contribution in [0.4, 0.5) is 0 Å². The SMILES string of the molecule is CNC(C)(C)C1c2ccccc2CCN1C. The Bertz CT molecular complexity index is 371. The van der Waals surface area contributed by atoms with Crippen LogP contribution in [-0.4, -0.2) is 31.1 Å². The Morgan fingerprint density at radius 2 is 2.00 bits per heavy atom. The van der Waals surface area contributed by atoms with Crippen molar-refractivity contribution in [3.05, 3.63) is 35.4 Å². The van der Waals surface area contributed by atoms with Crippen molar-refractivity contribution in [2.24, 2.45) is 0 Å². The number of hydrogen-bond acceptors (Lipinski definition) is 2. The molecule has 1 unspecified atom stereocenters. The lowest BCUT2D eigenvalue weighted by Crippen LogP contribution is -2.51. The molecule has 1 aromatic rings. The monoisotopic (exact) mass is 218 g/mol. The summed E-state index contributed by atoms with van der Waals surface area (Å²) in [4.78, 5) is 2.46. The van der Waals surface area contributed by atoms with E-state index in [1.807, 2.05) is 7.05 Å². The van der Waals surface area contributed by atoms with Crippen molar-refractivity contribution in [3.8, 4) is 0 Å². The fourth-order valence-electron chi connectivity index (χ4n) is 2.77. The van der Waals surface area contributed by atoms with Gasteiger partial charge in [-0.05, 0) is 45.5 Å². The third kappa shape index (κ3) is 1.87. The maximum atomic E-state index is 3.44. The zero-order chi connectivity index (χ0) is 11.8. The molecular weight excluding hydrogens is 196 g/mol. The highest BCUT2D eigenvalue weighted by Crippen LogP contribution is 2.35. The van der Waals surface area contributed by atoms with E-state index >= 15 is 0 Å². The van der Waals surface area contributed by atoms with Crippen molar-refractivity contribution in [3.63, 3.8) is 0 Å². The van der Waals surface area contributed by atoms with Crippen molar-refractivity contribution in [1.82, 2.24) is 10.2 Å². The van der Waals surface area contributed by atoms with Gasteiger partial charge in [-0.1, -0.05) is 24.3 Å². The Morgan fingerprint density at radius 1 is 1.31 bits per heavy atom. The van der Waals surface area contributed by atoms with Gasteiger partial charge in [0.1, 0.15) is 0 Å². The number of likely N-dealkylation sites (N-methyl/N-ethyl adjacent to an activating group) is 2. The zero-order valence-electron chi connectivity index (χ0n) is 10.7. The van der Waals surface area contributed by atoms with Gasteiger partial charge >= 0.3 is 0 Å². The van der Waals surface area contributed by atoms with Gasteiger partial charge in [0, 0.05) is 12.1 Å². The minimum Gasteiger partial charge on any atom is -0.313 e. The second kappa shape index (κ2) is 4.19. The van der Waals surface area contributed by atoms with E-state index < -0.39 is 0 Å². The normalized spacial score (nSPS) is 21.9. The first-order chi connectivity index (χ1) is 7.56. The van der Waals surface area contributed by atoms with Gasteiger partial charge < -0.3 is 5.32 Å². The van der Waals surface area contributed by atoms with Crippen LogP contribution in [0.1, 0.15) is 31.0 Å². The second-order valence-electron chi connectivity index (χ2n) is 5.30. The molecular formula is C14H22N2. The molecule has 0 aromatic heterocycles. The zero-order valence-corrected chi connectivity index (χ0v) is 10.7. The fourth-order valence-corrected chi connectivity index (χ4v) is 2.77. The first-order valence-electron chi connectivity index (χ1n) is 6.03. The van der Waals surface area contributed by atoms with Gasteiger partial charge in [0.2, 0.25) is 0 Å². The van der Waals surface area contributed by atoms with Crippen LogP contribution in [0.5, 0.6) is 0 Å². The van der Waals surface area contributed by atoms with Gasteiger partial charge in [-0.15, -0.1) is 0 Å². The van der Waals surface area contributed by atoms with Crippen LogP contribution in [0.3, 0.4) is 0 Å². The van der Waals surface area contributed by atoms with Crippen LogP contribution in [-0.2, 0) is 6.42 Å². The van der Waals surface area contributed by atoms with E-state index in [9.17, 15) is 0 Å². The number of rotatable bonds is 2. The molecule has 2 nitrogen and oxygen atoms in total. The molecule has 0 fully saturated rings. The molecule has 1 atom stereocenters. The van der Waals surface area contributed by atoms with E-state index in [-0.39, 0.29) is 5.54 Å². The summed E-state index contributed by atoms with van der Waals surface area (Å²) in [6, 6.07) is 9.29. The molecule has 0 saturated heterocycles. The molecule has 0 saturated carbocycles. The highest BCUT2D eigenvalue weighted by Gasteiger charge is 2.35. The van der Waals surface area contributed by atoms with E-state index in [0.29, 0.717) is 6.04 Å². The van der Waals surface area contributed by atoms with E-state index in [1.54, 1.807) is 0 Å². The van der Waals surface area contributed by atoms with Gasteiger partial charge in [-0.3, -0.25) is 4.90 Å². The Morgan fingerprint density at radius 3 is 2.69 bits per heavy atom. The topological polar surface area (TPSA) is 15.3 Å². The molecule has 1 aliphatic rings. The average Bonchev–Trinajstić information content (AvgIpc) is 2.28. The smallest absolute Gasteiger partial charge is 0.0524 e. The largest absolute Gasteiger partial charge is 0.313 e. The van der Waals surface area contributed by atoms with Crippen LogP contribution >= 0.6 is 0 Å². The molecule has 0 aliphatic carbocycles. The lowest BCUT2D eigenvalue weighted by atomic mass is 9.82. The highest BCUT2D eigenvalue weighted by molar-refractivity contribution is 5.34. The van der Waals surface area contributed by atoms with Gasteiger partial charge in [0.25, 0.3) is 0 Å². The van der Waals surface area contributed by atoms with Gasteiger partial charge in [-0.25, -0.2) is 0 Å². The average molecular weight is 218 g/mol. The molecule has 1 N–H and O–H groups in total. The number of benzene rings is 1. The quantitative estimate of drug-likeness (QED) is 0.819. The number of nitrogens with zero attached hydrogens (tertiary/aromatic N) is 1. The molecule has 0 radical (unpaired) electrons. The third-order valence-corrected chi connectivity index (χ3v) is 3.85. The summed E-state index contributed by atoms with van der Waals surface area (Å²) >= 11 is 0. The lowest BCUT2D eigenvalue weighted by Gasteiger charge is -2.44. The molecule has 2 rings (SSSR count). The van der Waals surface area contributed by atoms with E-state index in [4.69, 9.17) is 0 Å². The number of hydrogen-bond donors (Lipinski definition) is 1. The van der Waals surface area contributed by atoms with Crippen molar-refractivity contribution in [2.75, 3.05) is 20.6 Å². The maximum Gasteiger partial charge on any atom is 0.0524 e. The van der Waals surface area contributed by atoms with Crippen LogP contribution in [0, 0.1) is 0 Å². The Hall–Kier alpha value is -0.860. The third-order valence-electron chi connectivity index (χ3n) is 3.85. The minimum absolute atomic E-state index is 0.102. The molecule has 2 heteroatoms. The van der Waals surface area contributed by atoms with Crippen molar-refractivity contribution >= 4 is 0 Å². The van der Waals surface area contributed by atoms with Crippen LogP contribution in [0.25, 0.3) is 0 Å². The Balaban J connectivity index is 2.44. The lowest BCUT2D eigenvalue weighted by molar-refractivity contribution is 0.137. The first kappa shape index (κ1) is 11.6. The number of nitrogens with one attached hydrogen (secondary N) is 1. The standard InChI is InChI=1S/C14H22N2/c1-14(2,15-3)13-12-8-6-5-7-11(12)9-10-16(13)4/h5-8,13,15H,9-10H2,1-4H3. The summed E-state index contributed by atoms with van der Waals surface area (Å²) in [5.74, 6) is 0. The summed E-state index contributed by atoms with van der Waals surface area (Å²) < 4.78 is 0. The van der Waals surface area contributed by atoms with Crippen LogP contribution in [0.2, 0.25) is 0 Å². The molecule has 0 spiro atoms. The summed E-state index contributed by atoms with van der Waals surface area (Å²) in [6.07, 6.45) is 1.17. The number of fused-ring (bicyclic) bond motifs is 1. The molecule has 0 bridgehead atoms. The van der Waals surface area contributed by atoms with Crippen LogP contribution in [0.15, 0.2) is 24.3 Å². The van der Waals surface area contributed by atoms with E-state index in [1.165, 1.54) is 17.5 Å². The van der Waals surface area contributed by atoms with E-state index in [2.05, 4.69) is 55.4 Å². The Kier molecular flexibility index (Phi) is 3.04. The molecule has 88 valence electrons. The summed E-state index contributed by atoms with van der Waals surface area (Å²) in [5, 5.41) is 3.44. The summed E-state index contributed by atoms with van der Waals surface area (Å²) in [6.45, 7) is 5.69.